The number of nitrogens with two attached hydrogens (primary N) is 1. The van der Waals surface area contributed by atoms with Crippen molar-refractivity contribution >= 4 is 33.1 Å². The summed E-state index contributed by atoms with van der Waals surface area (Å²) in [6, 6.07) is -1.09. The van der Waals surface area contributed by atoms with Gasteiger partial charge in [0.25, 0.3) is 10.2 Å². The van der Waals surface area contributed by atoms with Crippen molar-refractivity contribution in [3.63, 3.8) is 0 Å². The van der Waals surface area contributed by atoms with E-state index in [-0.39, 0.29) is 11.8 Å². The van der Waals surface area contributed by atoms with E-state index in [2.05, 4.69) is 10.1 Å². The third-order valence-corrected chi connectivity index (χ3v) is 7.51. The lowest BCUT2D eigenvalue weighted by Gasteiger charge is -2.61. The van der Waals surface area contributed by atoms with E-state index in [0.29, 0.717) is 41.2 Å². The van der Waals surface area contributed by atoms with E-state index in [9.17, 15) is 21.6 Å². The molecule has 0 aromatic carbocycles. The molecule has 1 saturated heterocycles. The zero-order valence-corrected chi connectivity index (χ0v) is 18.0. The molecule has 1 aliphatic carbocycles. The van der Waals surface area contributed by atoms with E-state index in [4.69, 9.17) is 16.7 Å². The highest BCUT2D eigenvalue weighted by molar-refractivity contribution is 7.86. The minimum absolute atomic E-state index is 0.246. The highest BCUT2D eigenvalue weighted by atomic mass is 35.5. The number of halogens is 4. The topological polar surface area (TPSA) is 96.8 Å². The van der Waals surface area contributed by atoms with E-state index < -0.39 is 28.5 Å². The van der Waals surface area contributed by atoms with Gasteiger partial charge in [-0.1, -0.05) is 18.5 Å². The fourth-order valence-electron chi connectivity index (χ4n) is 4.88. The first kappa shape index (κ1) is 21.6. The molecule has 1 atom stereocenters. The van der Waals surface area contributed by atoms with Crippen molar-refractivity contribution < 1.29 is 21.6 Å². The van der Waals surface area contributed by atoms with Crippen LogP contribution in [0.3, 0.4) is 0 Å². The van der Waals surface area contributed by atoms with E-state index in [1.165, 1.54) is 13.3 Å². The monoisotopic (exact) mass is 466 g/mol. The number of anilines is 1. The van der Waals surface area contributed by atoms with Crippen molar-refractivity contribution in [2.45, 2.75) is 51.4 Å². The van der Waals surface area contributed by atoms with Gasteiger partial charge in [0.1, 0.15) is 23.0 Å². The Bertz CT molecular complexity index is 1080. The third kappa shape index (κ3) is 3.43. The van der Waals surface area contributed by atoms with Crippen LogP contribution in [0.2, 0.25) is 5.15 Å². The number of rotatable bonds is 5. The SMILES string of the molecule is CCC(N(C1CC2(C1)CN(c1ncnn3c(Cl)cc(C)c13)C2)S(N)(=O)=O)C(F)(F)F. The molecule has 2 aromatic rings. The zero-order chi connectivity index (χ0) is 22.1. The van der Waals surface area contributed by atoms with Crippen LogP contribution in [0.15, 0.2) is 12.4 Å². The van der Waals surface area contributed by atoms with Gasteiger partial charge in [-0.15, -0.1) is 0 Å². The Labute approximate surface area is 177 Å². The number of hydrogen-bond acceptors (Lipinski definition) is 5. The molecule has 1 saturated carbocycles. The Morgan fingerprint density at radius 2 is 2.03 bits per heavy atom. The van der Waals surface area contributed by atoms with Gasteiger partial charge in [0.2, 0.25) is 0 Å². The Kier molecular flexibility index (Phi) is 5.00. The van der Waals surface area contributed by atoms with Gasteiger partial charge in [-0.2, -0.15) is 31.0 Å². The van der Waals surface area contributed by atoms with Gasteiger partial charge in [0.15, 0.2) is 5.82 Å². The quantitative estimate of drug-likeness (QED) is 0.730. The molecule has 3 heterocycles. The fourth-order valence-corrected chi connectivity index (χ4v) is 6.36. The highest BCUT2D eigenvalue weighted by Crippen LogP contribution is 2.53. The third-order valence-electron chi connectivity index (χ3n) is 6.10. The summed E-state index contributed by atoms with van der Waals surface area (Å²) in [5, 5.41) is 9.77. The Hall–Kier alpha value is -1.63. The minimum Gasteiger partial charge on any atom is -0.354 e. The number of aromatic nitrogens is 3. The molecule has 30 heavy (non-hydrogen) atoms. The first-order valence-corrected chi connectivity index (χ1v) is 11.4. The van der Waals surface area contributed by atoms with Gasteiger partial charge in [-0.05, 0) is 37.8 Å². The smallest absolute Gasteiger partial charge is 0.354 e. The molecule has 2 aromatic heterocycles. The lowest BCUT2D eigenvalue weighted by molar-refractivity contribution is -0.184. The summed E-state index contributed by atoms with van der Waals surface area (Å²) in [6.07, 6.45) is -3.00. The number of alkyl halides is 3. The van der Waals surface area contributed by atoms with Gasteiger partial charge in [0, 0.05) is 24.5 Å². The predicted molar refractivity (Wildman–Crippen MR) is 105 cm³/mol. The lowest BCUT2D eigenvalue weighted by Crippen LogP contribution is -2.69. The molecular formula is C17H22ClF3N6O2S. The van der Waals surface area contributed by atoms with Crippen LogP contribution >= 0.6 is 11.6 Å². The predicted octanol–water partition coefficient (Wildman–Crippen LogP) is 2.51. The summed E-state index contributed by atoms with van der Waals surface area (Å²) in [7, 11) is -4.49. The molecule has 166 valence electrons. The van der Waals surface area contributed by atoms with Crippen molar-refractivity contribution in [3.8, 4) is 0 Å². The van der Waals surface area contributed by atoms with Gasteiger partial charge >= 0.3 is 6.18 Å². The summed E-state index contributed by atoms with van der Waals surface area (Å²) in [4.78, 5) is 6.37. The van der Waals surface area contributed by atoms with Gasteiger partial charge in [0.05, 0.1) is 0 Å². The van der Waals surface area contributed by atoms with Crippen molar-refractivity contribution in [2.75, 3.05) is 18.0 Å². The van der Waals surface area contributed by atoms with Crippen LogP contribution in [0.1, 0.15) is 31.7 Å². The molecule has 2 fully saturated rings. The molecule has 2 aliphatic rings. The molecule has 2 N–H and O–H groups in total. The molecule has 4 rings (SSSR count). The molecule has 1 spiro atoms. The summed E-state index contributed by atoms with van der Waals surface area (Å²) < 4.78 is 66.1. The number of hydrogen-bond donors (Lipinski definition) is 1. The van der Waals surface area contributed by atoms with Gasteiger partial charge in [-0.25, -0.2) is 14.6 Å². The molecule has 0 amide bonds. The standard InChI is InChI=1S/C17H22ClF3N6O2S/c1-3-12(17(19,20)21)27(30(22,28)29)11-5-16(6-11)7-25(8-16)15-14-10(2)4-13(18)26(14)24-9-23-15/h4,9,11-12H,3,5-8H2,1-2H3,(H2,22,28,29). The van der Waals surface area contributed by atoms with Crippen molar-refractivity contribution in [2.24, 2.45) is 10.6 Å². The molecule has 1 aliphatic heterocycles. The van der Waals surface area contributed by atoms with E-state index >= 15 is 0 Å². The number of nitrogens with zero attached hydrogens (tertiary/aromatic N) is 5. The van der Waals surface area contributed by atoms with E-state index in [0.717, 1.165) is 11.1 Å². The van der Waals surface area contributed by atoms with Crippen LogP contribution in [0, 0.1) is 12.3 Å². The second-order valence-corrected chi connectivity index (χ2v) is 10.1. The number of aryl methyl sites for hydroxylation is 1. The van der Waals surface area contributed by atoms with Crippen LogP contribution in [0.5, 0.6) is 0 Å². The highest BCUT2D eigenvalue weighted by Gasteiger charge is 2.59. The van der Waals surface area contributed by atoms with E-state index in [1.807, 2.05) is 11.8 Å². The molecule has 0 radical (unpaired) electrons. The first-order valence-electron chi connectivity index (χ1n) is 9.48. The van der Waals surface area contributed by atoms with Crippen LogP contribution in [-0.2, 0) is 10.2 Å². The Morgan fingerprint density at radius 1 is 1.40 bits per heavy atom. The Morgan fingerprint density at radius 3 is 2.57 bits per heavy atom. The zero-order valence-electron chi connectivity index (χ0n) is 16.4. The summed E-state index contributed by atoms with van der Waals surface area (Å²) in [6.45, 7) is 4.34. The molecular weight excluding hydrogens is 445 g/mol. The molecule has 0 bridgehead atoms. The summed E-state index contributed by atoms with van der Waals surface area (Å²) in [5.74, 6) is 0.702. The average molecular weight is 467 g/mol. The average Bonchev–Trinajstić information content (AvgIpc) is 2.84. The van der Waals surface area contributed by atoms with Crippen LogP contribution < -0.4 is 10.0 Å². The van der Waals surface area contributed by atoms with Gasteiger partial charge < -0.3 is 4.90 Å². The fraction of sp³-hybridized carbons (Fsp3) is 0.647. The normalized spacial score (nSPS) is 20.6. The maximum Gasteiger partial charge on any atom is 0.405 e. The maximum absolute atomic E-state index is 13.4. The molecule has 8 nitrogen and oxygen atoms in total. The van der Waals surface area contributed by atoms with Gasteiger partial charge in [-0.3, -0.25) is 0 Å². The second-order valence-electron chi connectivity index (χ2n) is 8.25. The number of fused-ring (bicyclic) bond motifs is 1. The van der Waals surface area contributed by atoms with Crippen molar-refractivity contribution in [3.05, 3.63) is 23.1 Å². The molecule has 1 unspecified atom stereocenters. The summed E-state index contributed by atoms with van der Waals surface area (Å²) >= 11 is 6.18. The second kappa shape index (κ2) is 6.94. The maximum atomic E-state index is 13.4. The van der Waals surface area contributed by atoms with E-state index in [1.54, 1.807) is 10.6 Å². The van der Waals surface area contributed by atoms with Crippen LogP contribution in [-0.4, -0.2) is 58.7 Å². The first-order chi connectivity index (χ1) is 13.9. The molecule has 13 heteroatoms. The Balaban J connectivity index is 1.50. The largest absolute Gasteiger partial charge is 0.405 e. The van der Waals surface area contributed by atoms with Crippen LogP contribution in [0.25, 0.3) is 5.52 Å². The van der Waals surface area contributed by atoms with Crippen molar-refractivity contribution in [1.82, 2.24) is 18.9 Å². The summed E-state index contributed by atoms with van der Waals surface area (Å²) in [5.41, 5.74) is 1.45. The van der Waals surface area contributed by atoms with Crippen molar-refractivity contribution in [1.29, 1.82) is 0 Å². The minimum atomic E-state index is -4.67. The van der Waals surface area contributed by atoms with Crippen LogP contribution in [0.4, 0.5) is 19.0 Å². The lowest BCUT2D eigenvalue weighted by atomic mass is 9.60.